The second-order valence-corrected chi connectivity index (χ2v) is 3.21. The van der Waals surface area contributed by atoms with Crippen molar-refractivity contribution < 1.29 is 0 Å². The van der Waals surface area contributed by atoms with E-state index in [0.717, 1.165) is 4.90 Å². The van der Waals surface area contributed by atoms with Gasteiger partial charge in [0.25, 0.3) is 0 Å². The summed E-state index contributed by atoms with van der Waals surface area (Å²) in [5.41, 5.74) is 3.90. The summed E-state index contributed by atoms with van der Waals surface area (Å²) in [6.45, 7) is 10.3. The molecule has 0 bridgehead atoms. The van der Waals surface area contributed by atoms with Crippen LogP contribution in [0.1, 0.15) is 30.5 Å². The van der Waals surface area contributed by atoms with E-state index >= 15 is 0 Å². The number of aryl methyl sites for hydroxylation is 2. The molecule has 0 N–H and O–H groups in total. The number of hydrogen-bond donors (Lipinski definition) is 1. The minimum absolute atomic E-state index is 1.09. The first-order valence-electron chi connectivity index (χ1n) is 4.38. The van der Waals surface area contributed by atoms with Crippen LogP contribution in [0.15, 0.2) is 17.0 Å². The van der Waals surface area contributed by atoms with Gasteiger partial charge in [-0.1, -0.05) is 19.9 Å². The molecule has 0 radical (unpaired) electrons. The minimum Gasteiger partial charge on any atom is -0.143 e. The van der Waals surface area contributed by atoms with E-state index in [1.165, 1.54) is 16.7 Å². The van der Waals surface area contributed by atoms with Gasteiger partial charge in [0.15, 0.2) is 0 Å². The third-order valence-electron chi connectivity index (χ3n) is 1.78. The average molecular weight is 182 g/mol. The highest BCUT2D eigenvalue weighted by Crippen LogP contribution is 2.18. The number of hydrogen-bond acceptors (Lipinski definition) is 1. The molecule has 1 aromatic carbocycles. The molecule has 0 saturated heterocycles. The summed E-state index contributed by atoms with van der Waals surface area (Å²) in [5, 5.41) is 0. The van der Waals surface area contributed by atoms with Crippen molar-refractivity contribution in [2.24, 2.45) is 0 Å². The summed E-state index contributed by atoms with van der Waals surface area (Å²) < 4.78 is 0. The van der Waals surface area contributed by atoms with Crippen molar-refractivity contribution in [1.29, 1.82) is 0 Å². The lowest BCUT2D eigenvalue weighted by Crippen LogP contribution is -1.84. The minimum atomic E-state index is 1.09. The van der Waals surface area contributed by atoms with Gasteiger partial charge in [-0.15, -0.1) is 12.6 Å². The molecule has 1 rings (SSSR count). The molecule has 0 nitrogen and oxygen atoms in total. The highest BCUT2D eigenvalue weighted by Gasteiger charge is 1.96. The lowest BCUT2D eigenvalue weighted by atomic mass is 10.1. The fourth-order valence-electron chi connectivity index (χ4n) is 1.02. The Morgan fingerprint density at radius 3 is 1.92 bits per heavy atom. The lowest BCUT2D eigenvalue weighted by molar-refractivity contribution is 1.20. The lowest BCUT2D eigenvalue weighted by Gasteiger charge is -2.03. The van der Waals surface area contributed by atoms with Crippen LogP contribution < -0.4 is 0 Å². The Morgan fingerprint density at radius 1 is 1.00 bits per heavy atom. The van der Waals surface area contributed by atoms with Crippen LogP contribution in [0.3, 0.4) is 0 Å². The zero-order valence-electron chi connectivity index (χ0n) is 8.60. The number of rotatable bonds is 0. The molecule has 1 heteroatoms. The first-order chi connectivity index (χ1) is 5.61. The second kappa shape index (κ2) is 5.26. The molecular weight excluding hydrogens is 164 g/mol. The van der Waals surface area contributed by atoms with E-state index in [9.17, 15) is 0 Å². The third-order valence-corrected chi connectivity index (χ3v) is 2.25. The Kier molecular flexibility index (Phi) is 5.07. The van der Waals surface area contributed by atoms with Crippen molar-refractivity contribution >= 4 is 12.6 Å². The molecule has 0 aliphatic rings. The van der Waals surface area contributed by atoms with Gasteiger partial charge in [0.2, 0.25) is 0 Å². The Balaban J connectivity index is 0.000000561. The summed E-state index contributed by atoms with van der Waals surface area (Å²) in [6.07, 6.45) is 0. The number of thiol groups is 1. The summed E-state index contributed by atoms with van der Waals surface area (Å²) in [7, 11) is 0. The zero-order chi connectivity index (χ0) is 9.72. The van der Waals surface area contributed by atoms with Gasteiger partial charge in [-0.2, -0.15) is 0 Å². The van der Waals surface area contributed by atoms with E-state index in [1.807, 2.05) is 13.8 Å². The Hall–Kier alpha value is -0.430. The second-order valence-electron chi connectivity index (χ2n) is 2.73. The largest absolute Gasteiger partial charge is 0.143 e. The zero-order valence-corrected chi connectivity index (χ0v) is 9.50. The quantitative estimate of drug-likeness (QED) is 0.577. The van der Waals surface area contributed by atoms with Crippen LogP contribution in [0.25, 0.3) is 0 Å². The smallest absolute Gasteiger partial charge is 0.00745 e. The molecule has 0 spiro atoms. The molecule has 0 aliphatic carbocycles. The van der Waals surface area contributed by atoms with Crippen molar-refractivity contribution in [3.63, 3.8) is 0 Å². The van der Waals surface area contributed by atoms with Crippen LogP contribution in [0.2, 0.25) is 0 Å². The molecule has 0 amide bonds. The molecule has 0 unspecified atom stereocenters. The van der Waals surface area contributed by atoms with Crippen molar-refractivity contribution in [2.45, 2.75) is 39.5 Å². The van der Waals surface area contributed by atoms with Crippen molar-refractivity contribution in [1.82, 2.24) is 0 Å². The van der Waals surface area contributed by atoms with Gasteiger partial charge in [0.1, 0.15) is 0 Å². The van der Waals surface area contributed by atoms with E-state index in [2.05, 4.69) is 45.5 Å². The standard InChI is InChI=1S/C9H12S.C2H6/c1-6-4-7(2)8(3)9(10)5-6;1-2/h4-5,10H,1-3H3;1-2H3. The Labute approximate surface area is 81.4 Å². The third kappa shape index (κ3) is 2.90. The number of benzene rings is 1. The summed E-state index contributed by atoms with van der Waals surface area (Å²) >= 11 is 4.34. The van der Waals surface area contributed by atoms with Crippen LogP contribution in [0, 0.1) is 20.8 Å². The topological polar surface area (TPSA) is 0 Å². The van der Waals surface area contributed by atoms with Crippen molar-refractivity contribution in [3.8, 4) is 0 Å². The van der Waals surface area contributed by atoms with Crippen molar-refractivity contribution in [2.75, 3.05) is 0 Å². The molecule has 1 aromatic rings. The fourth-order valence-corrected chi connectivity index (χ4v) is 1.40. The molecular formula is C11H18S. The van der Waals surface area contributed by atoms with Gasteiger partial charge in [-0.3, -0.25) is 0 Å². The van der Waals surface area contributed by atoms with Gasteiger partial charge >= 0.3 is 0 Å². The van der Waals surface area contributed by atoms with Gasteiger partial charge in [0.05, 0.1) is 0 Å². The highest BCUT2D eigenvalue weighted by molar-refractivity contribution is 7.80. The average Bonchev–Trinajstić information content (AvgIpc) is 2.04. The van der Waals surface area contributed by atoms with Crippen LogP contribution >= 0.6 is 12.6 Å². The van der Waals surface area contributed by atoms with Crippen LogP contribution in [0.5, 0.6) is 0 Å². The van der Waals surface area contributed by atoms with E-state index in [-0.39, 0.29) is 0 Å². The summed E-state index contributed by atoms with van der Waals surface area (Å²) in [4.78, 5) is 1.09. The van der Waals surface area contributed by atoms with Gasteiger partial charge in [-0.05, 0) is 43.5 Å². The first-order valence-corrected chi connectivity index (χ1v) is 4.83. The predicted molar refractivity (Wildman–Crippen MR) is 59.3 cm³/mol. The van der Waals surface area contributed by atoms with E-state index in [4.69, 9.17) is 0 Å². The molecule has 0 fully saturated rings. The van der Waals surface area contributed by atoms with E-state index in [0.29, 0.717) is 0 Å². The van der Waals surface area contributed by atoms with Crippen LogP contribution in [0.4, 0.5) is 0 Å². The van der Waals surface area contributed by atoms with Crippen molar-refractivity contribution in [3.05, 3.63) is 28.8 Å². The summed E-state index contributed by atoms with van der Waals surface area (Å²) in [5.74, 6) is 0. The molecule has 0 aromatic heterocycles. The molecule has 0 atom stereocenters. The van der Waals surface area contributed by atoms with Gasteiger partial charge < -0.3 is 0 Å². The molecule has 0 saturated carbocycles. The first kappa shape index (κ1) is 11.6. The molecule has 0 aliphatic heterocycles. The van der Waals surface area contributed by atoms with Gasteiger partial charge in [0, 0.05) is 4.90 Å². The maximum atomic E-state index is 4.34. The van der Waals surface area contributed by atoms with Gasteiger partial charge in [-0.25, -0.2) is 0 Å². The summed E-state index contributed by atoms with van der Waals surface area (Å²) in [6, 6.07) is 4.26. The SMILES string of the molecule is CC.Cc1cc(C)c(C)c(S)c1. The molecule has 0 heterocycles. The fraction of sp³-hybridized carbons (Fsp3) is 0.455. The monoisotopic (exact) mass is 182 g/mol. The molecule has 68 valence electrons. The predicted octanol–water partition coefficient (Wildman–Crippen LogP) is 3.93. The van der Waals surface area contributed by atoms with E-state index < -0.39 is 0 Å². The molecule has 12 heavy (non-hydrogen) atoms. The maximum absolute atomic E-state index is 4.34. The Morgan fingerprint density at radius 2 is 1.50 bits per heavy atom. The maximum Gasteiger partial charge on any atom is 0.00745 e. The van der Waals surface area contributed by atoms with Crippen LogP contribution in [-0.2, 0) is 0 Å². The van der Waals surface area contributed by atoms with E-state index in [1.54, 1.807) is 0 Å². The van der Waals surface area contributed by atoms with Crippen LogP contribution in [-0.4, -0.2) is 0 Å². The Bertz CT molecular complexity index is 228. The normalized spacial score (nSPS) is 8.83. The highest BCUT2D eigenvalue weighted by atomic mass is 32.1.